The SMILES string of the molecule is [Cl-].[Zn+2].c1cc(C2CCCCC2)ccc1NC1=NCCCN1. The molecule has 0 saturated heterocycles. The number of hydrogen-bond acceptors (Lipinski definition) is 3. The van der Waals surface area contributed by atoms with Gasteiger partial charge in [0, 0.05) is 18.8 Å². The Morgan fingerprint density at radius 3 is 2.33 bits per heavy atom. The first-order valence-electron chi connectivity index (χ1n) is 7.57. The van der Waals surface area contributed by atoms with E-state index in [1.165, 1.54) is 37.7 Å². The molecule has 2 N–H and O–H groups in total. The van der Waals surface area contributed by atoms with E-state index in [4.69, 9.17) is 0 Å². The van der Waals surface area contributed by atoms with E-state index in [9.17, 15) is 0 Å². The number of aliphatic imine (C=N–C) groups is 1. The van der Waals surface area contributed by atoms with Gasteiger partial charge >= 0.3 is 19.5 Å². The Hall–Kier alpha value is -0.597. The Morgan fingerprint density at radius 1 is 1.00 bits per heavy atom. The topological polar surface area (TPSA) is 36.4 Å². The molecule has 0 radical (unpaired) electrons. The molecule has 0 bridgehead atoms. The van der Waals surface area contributed by atoms with Crippen LogP contribution in [-0.2, 0) is 19.5 Å². The standard InChI is InChI=1S/C16H23N3.ClH.Zn/c1-2-5-13(6-3-1)14-7-9-15(10-8-14)19-16-17-11-4-12-18-16;;/h7-10,13H,1-6,11-12H2,(H2,17,18,19);1H;/q;;+2/p-1. The number of halogens is 1. The fourth-order valence-electron chi connectivity index (χ4n) is 3.03. The minimum atomic E-state index is 0. The number of guanidine groups is 1. The average Bonchev–Trinajstić information content (AvgIpc) is 2.50. The molecule has 0 spiro atoms. The summed E-state index contributed by atoms with van der Waals surface area (Å²) in [6.07, 6.45) is 8.06. The van der Waals surface area contributed by atoms with Crippen LogP contribution in [0.4, 0.5) is 5.69 Å². The van der Waals surface area contributed by atoms with Crippen LogP contribution in [-0.4, -0.2) is 19.0 Å². The van der Waals surface area contributed by atoms with Gasteiger partial charge < -0.3 is 23.0 Å². The maximum absolute atomic E-state index is 4.43. The second-order valence-corrected chi connectivity index (χ2v) is 5.59. The van der Waals surface area contributed by atoms with Gasteiger partial charge in [0.15, 0.2) is 5.96 Å². The Balaban J connectivity index is 0.00000110. The molecule has 2 aliphatic rings. The fourth-order valence-corrected chi connectivity index (χ4v) is 3.03. The summed E-state index contributed by atoms with van der Waals surface area (Å²) in [5, 5.41) is 6.63. The van der Waals surface area contributed by atoms with Crippen molar-refractivity contribution >= 4 is 11.6 Å². The van der Waals surface area contributed by atoms with Gasteiger partial charge in [-0.25, -0.2) is 0 Å². The average molecular weight is 358 g/mol. The normalized spacial score (nSPS) is 18.6. The third-order valence-electron chi connectivity index (χ3n) is 4.15. The molecule has 1 fully saturated rings. The van der Waals surface area contributed by atoms with Crippen LogP contribution in [0.1, 0.15) is 50.0 Å². The van der Waals surface area contributed by atoms with Crippen molar-refractivity contribution in [1.82, 2.24) is 5.32 Å². The molecule has 1 saturated carbocycles. The zero-order chi connectivity index (χ0) is 12.9. The van der Waals surface area contributed by atoms with Crippen LogP contribution in [0.15, 0.2) is 29.3 Å². The second-order valence-electron chi connectivity index (χ2n) is 5.59. The summed E-state index contributed by atoms with van der Waals surface area (Å²) in [5.74, 6) is 1.70. The van der Waals surface area contributed by atoms with Crippen molar-refractivity contribution in [3.8, 4) is 0 Å². The van der Waals surface area contributed by atoms with Gasteiger partial charge in [0.2, 0.25) is 0 Å². The Bertz CT molecular complexity index is 441. The van der Waals surface area contributed by atoms with Gasteiger partial charge in [-0.1, -0.05) is 31.4 Å². The quantitative estimate of drug-likeness (QED) is 0.756. The molecule has 1 heterocycles. The van der Waals surface area contributed by atoms with Crippen LogP contribution >= 0.6 is 0 Å². The van der Waals surface area contributed by atoms with Crippen LogP contribution < -0.4 is 23.0 Å². The minimum Gasteiger partial charge on any atom is -1.00 e. The summed E-state index contributed by atoms with van der Waals surface area (Å²) >= 11 is 0. The zero-order valence-corrected chi connectivity index (χ0v) is 16.3. The largest absolute Gasteiger partial charge is 2.00 e. The summed E-state index contributed by atoms with van der Waals surface area (Å²) < 4.78 is 0. The van der Waals surface area contributed by atoms with Gasteiger partial charge in [-0.3, -0.25) is 4.99 Å². The molecule has 1 aliphatic heterocycles. The predicted octanol–water partition coefficient (Wildman–Crippen LogP) is 0.497. The molecule has 1 aromatic rings. The number of nitrogens with one attached hydrogen (secondary N) is 2. The first-order valence-corrected chi connectivity index (χ1v) is 7.57. The van der Waals surface area contributed by atoms with E-state index < -0.39 is 0 Å². The van der Waals surface area contributed by atoms with Gasteiger partial charge in [0.25, 0.3) is 0 Å². The van der Waals surface area contributed by atoms with Gasteiger partial charge in [-0.2, -0.15) is 0 Å². The summed E-state index contributed by atoms with van der Waals surface area (Å²) in [4.78, 5) is 4.43. The second kappa shape index (κ2) is 9.43. The Morgan fingerprint density at radius 2 is 1.71 bits per heavy atom. The van der Waals surface area contributed by atoms with Crippen LogP contribution in [0.2, 0.25) is 0 Å². The van der Waals surface area contributed by atoms with Crippen molar-refractivity contribution in [3.63, 3.8) is 0 Å². The number of rotatable bonds is 2. The van der Waals surface area contributed by atoms with Gasteiger partial charge in [0.1, 0.15) is 0 Å². The molecule has 3 rings (SSSR count). The van der Waals surface area contributed by atoms with Crippen molar-refractivity contribution in [3.05, 3.63) is 29.8 Å². The molecular formula is C16H23ClN3Zn+. The number of hydrogen-bond donors (Lipinski definition) is 2. The van der Waals surface area contributed by atoms with Crippen LogP contribution in [0, 0.1) is 0 Å². The minimum absolute atomic E-state index is 0. The first-order chi connectivity index (χ1) is 9.42. The molecule has 0 aromatic heterocycles. The van der Waals surface area contributed by atoms with E-state index in [-0.39, 0.29) is 31.9 Å². The van der Waals surface area contributed by atoms with E-state index >= 15 is 0 Å². The van der Waals surface area contributed by atoms with Crippen LogP contribution in [0.25, 0.3) is 0 Å². The first kappa shape index (κ1) is 18.5. The van der Waals surface area contributed by atoms with Crippen LogP contribution in [0.5, 0.6) is 0 Å². The summed E-state index contributed by atoms with van der Waals surface area (Å²) in [6.45, 7) is 1.95. The molecular weight excluding hydrogens is 335 g/mol. The van der Waals surface area contributed by atoms with E-state index in [2.05, 4.69) is 39.9 Å². The predicted molar refractivity (Wildman–Crippen MR) is 80.8 cm³/mol. The molecule has 1 aromatic carbocycles. The molecule has 1 aliphatic carbocycles. The van der Waals surface area contributed by atoms with E-state index in [1.54, 1.807) is 0 Å². The van der Waals surface area contributed by atoms with E-state index in [0.29, 0.717) is 0 Å². The summed E-state index contributed by atoms with van der Waals surface area (Å²) in [7, 11) is 0. The fraction of sp³-hybridized carbons (Fsp3) is 0.562. The van der Waals surface area contributed by atoms with Crippen molar-refractivity contribution in [2.24, 2.45) is 4.99 Å². The maximum atomic E-state index is 4.43. The Labute approximate surface area is 146 Å². The number of benzene rings is 1. The van der Waals surface area contributed by atoms with Crippen LogP contribution in [0.3, 0.4) is 0 Å². The summed E-state index contributed by atoms with van der Waals surface area (Å²) in [5.41, 5.74) is 2.64. The van der Waals surface area contributed by atoms with Crippen molar-refractivity contribution in [1.29, 1.82) is 0 Å². The Kier molecular flexibility index (Phi) is 8.28. The summed E-state index contributed by atoms with van der Waals surface area (Å²) in [6, 6.07) is 8.93. The van der Waals surface area contributed by atoms with Crippen molar-refractivity contribution in [2.45, 2.75) is 44.4 Å². The maximum Gasteiger partial charge on any atom is 2.00 e. The molecule has 3 nitrogen and oxygen atoms in total. The number of nitrogens with zero attached hydrogens (tertiary/aromatic N) is 1. The molecule has 5 heteroatoms. The van der Waals surface area contributed by atoms with E-state index in [0.717, 1.165) is 37.1 Å². The zero-order valence-electron chi connectivity index (χ0n) is 12.6. The molecule has 0 atom stereocenters. The third-order valence-corrected chi connectivity index (χ3v) is 4.15. The monoisotopic (exact) mass is 356 g/mol. The van der Waals surface area contributed by atoms with E-state index in [1.807, 2.05) is 0 Å². The van der Waals surface area contributed by atoms with Crippen molar-refractivity contribution < 1.29 is 31.9 Å². The van der Waals surface area contributed by atoms with Gasteiger partial charge in [-0.15, -0.1) is 0 Å². The van der Waals surface area contributed by atoms with Gasteiger partial charge in [0.05, 0.1) is 0 Å². The smallest absolute Gasteiger partial charge is 1.00 e. The van der Waals surface area contributed by atoms with Gasteiger partial charge in [-0.05, 0) is 42.9 Å². The van der Waals surface area contributed by atoms with Crippen molar-refractivity contribution in [2.75, 3.05) is 18.4 Å². The molecule has 0 amide bonds. The molecule has 0 unspecified atom stereocenters. The molecule has 110 valence electrons. The molecule has 21 heavy (non-hydrogen) atoms. The number of anilines is 1. The third kappa shape index (κ3) is 5.27.